The first-order chi connectivity index (χ1) is 8.31. The van der Waals surface area contributed by atoms with Crippen molar-refractivity contribution in [2.45, 2.75) is 37.8 Å². The maximum Gasteiger partial charge on any atom is 0.124 e. The third kappa shape index (κ3) is 1.69. The van der Waals surface area contributed by atoms with Crippen LogP contribution in [0.25, 0.3) is 0 Å². The summed E-state index contributed by atoms with van der Waals surface area (Å²) in [6.45, 7) is 1.14. The molecule has 1 fully saturated rings. The Morgan fingerprint density at radius 1 is 1.35 bits per heavy atom. The molecule has 0 aliphatic carbocycles. The van der Waals surface area contributed by atoms with Crippen LogP contribution in [0.5, 0.6) is 5.75 Å². The summed E-state index contributed by atoms with van der Waals surface area (Å²) in [5, 5.41) is 0. The lowest BCUT2D eigenvalue weighted by molar-refractivity contribution is 0.362. The maximum absolute atomic E-state index is 6.24. The molecule has 1 aromatic rings. The van der Waals surface area contributed by atoms with Crippen molar-refractivity contribution in [3.05, 3.63) is 23.8 Å². The third-order valence-electron chi connectivity index (χ3n) is 4.16. The molecule has 1 aromatic carbocycles. The standard InChI is InChI=1S/C14H20N2O/c1-17-14-6-2-5-12-10(14)7-8-13-11(15)4-3-9-16(12)13/h2,5-6,11,13H,3-4,7-9,15H2,1H3. The molecule has 17 heavy (non-hydrogen) atoms. The Morgan fingerprint density at radius 3 is 3.06 bits per heavy atom. The van der Waals surface area contributed by atoms with E-state index in [0.717, 1.165) is 25.1 Å². The number of rotatable bonds is 1. The van der Waals surface area contributed by atoms with Gasteiger partial charge < -0.3 is 15.4 Å². The third-order valence-corrected chi connectivity index (χ3v) is 4.16. The van der Waals surface area contributed by atoms with Crippen LogP contribution in [0.15, 0.2) is 18.2 Å². The van der Waals surface area contributed by atoms with Crippen molar-refractivity contribution in [2.24, 2.45) is 5.73 Å². The summed E-state index contributed by atoms with van der Waals surface area (Å²) in [6.07, 6.45) is 4.62. The van der Waals surface area contributed by atoms with E-state index in [9.17, 15) is 0 Å². The Labute approximate surface area is 103 Å². The minimum atomic E-state index is 0.336. The normalized spacial score (nSPS) is 27.3. The van der Waals surface area contributed by atoms with E-state index in [1.807, 2.05) is 0 Å². The Hall–Kier alpha value is -1.22. The highest BCUT2D eigenvalue weighted by molar-refractivity contribution is 5.62. The van der Waals surface area contributed by atoms with Crippen LogP contribution in [0, 0.1) is 0 Å². The van der Waals surface area contributed by atoms with Gasteiger partial charge in [0, 0.05) is 29.9 Å². The highest BCUT2D eigenvalue weighted by Crippen LogP contribution is 2.39. The summed E-state index contributed by atoms with van der Waals surface area (Å²) >= 11 is 0. The van der Waals surface area contributed by atoms with Gasteiger partial charge in [-0.1, -0.05) is 6.07 Å². The zero-order chi connectivity index (χ0) is 11.8. The van der Waals surface area contributed by atoms with Crippen LogP contribution in [-0.4, -0.2) is 25.7 Å². The molecule has 0 spiro atoms. The molecule has 2 atom stereocenters. The van der Waals surface area contributed by atoms with Gasteiger partial charge in [0.2, 0.25) is 0 Å². The van der Waals surface area contributed by atoms with E-state index in [-0.39, 0.29) is 0 Å². The second-order valence-electron chi connectivity index (χ2n) is 5.06. The van der Waals surface area contributed by atoms with Gasteiger partial charge in [-0.2, -0.15) is 0 Å². The topological polar surface area (TPSA) is 38.5 Å². The Kier molecular flexibility index (Phi) is 2.71. The van der Waals surface area contributed by atoms with Gasteiger partial charge in [0.1, 0.15) is 5.75 Å². The van der Waals surface area contributed by atoms with Crippen LogP contribution in [0.3, 0.4) is 0 Å². The Morgan fingerprint density at radius 2 is 2.24 bits per heavy atom. The number of fused-ring (bicyclic) bond motifs is 3. The number of methoxy groups -OCH3 is 1. The van der Waals surface area contributed by atoms with Gasteiger partial charge in [0.05, 0.1) is 7.11 Å². The van der Waals surface area contributed by atoms with Gasteiger partial charge in [-0.3, -0.25) is 0 Å². The first-order valence-electron chi connectivity index (χ1n) is 6.49. The van der Waals surface area contributed by atoms with Crippen LogP contribution in [-0.2, 0) is 6.42 Å². The number of ether oxygens (including phenoxy) is 1. The molecule has 2 unspecified atom stereocenters. The van der Waals surface area contributed by atoms with Crippen molar-refractivity contribution in [2.75, 3.05) is 18.6 Å². The summed E-state index contributed by atoms with van der Waals surface area (Å²) in [7, 11) is 1.75. The number of piperidine rings is 1. The zero-order valence-electron chi connectivity index (χ0n) is 10.4. The van der Waals surface area contributed by atoms with Crippen LogP contribution in [0.2, 0.25) is 0 Å². The maximum atomic E-state index is 6.24. The molecule has 2 N–H and O–H groups in total. The fourth-order valence-corrected chi connectivity index (χ4v) is 3.31. The highest BCUT2D eigenvalue weighted by atomic mass is 16.5. The van der Waals surface area contributed by atoms with Crippen LogP contribution >= 0.6 is 0 Å². The SMILES string of the molecule is COc1cccc2c1CCC1C(N)CCCN21. The molecule has 0 bridgehead atoms. The number of anilines is 1. The second-order valence-corrected chi connectivity index (χ2v) is 5.06. The van der Waals surface area contributed by atoms with E-state index in [1.165, 1.54) is 24.1 Å². The molecule has 2 heterocycles. The van der Waals surface area contributed by atoms with Gasteiger partial charge in [-0.25, -0.2) is 0 Å². The Balaban J connectivity index is 2.01. The Bertz CT molecular complexity index is 419. The van der Waals surface area contributed by atoms with E-state index in [2.05, 4.69) is 23.1 Å². The van der Waals surface area contributed by atoms with Gasteiger partial charge in [-0.15, -0.1) is 0 Å². The monoisotopic (exact) mass is 232 g/mol. The fourth-order valence-electron chi connectivity index (χ4n) is 3.31. The second kappa shape index (κ2) is 4.22. The van der Waals surface area contributed by atoms with Crippen LogP contribution < -0.4 is 15.4 Å². The van der Waals surface area contributed by atoms with E-state index >= 15 is 0 Å². The van der Waals surface area contributed by atoms with Crippen molar-refractivity contribution in [3.8, 4) is 5.75 Å². The number of hydrogen-bond donors (Lipinski definition) is 1. The van der Waals surface area contributed by atoms with E-state index in [1.54, 1.807) is 7.11 Å². The smallest absolute Gasteiger partial charge is 0.124 e. The van der Waals surface area contributed by atoms with Crippen molar-refractivity contribution in [1.82, 2.24) is 0 Å². The molecule has 2 aliphatic rings. The lowest BCUT2D eigenvalue weighted by atomic mass is 9.86. The highest BCUT2D eigenvalue weighted by Gasteiger charge is 2.34. The molecule has 3 nitrogen and oxygen atoms in total. The number of benzene rings is 1. The first kappa shape index (κ1) is 10.9. The lowest BCUT2D eigenvalue weighted by Crippen LogP contribution is -2.54. The van der Waals surface area contributed by atoms with Crippen molar-refractivity contribution >= 4 is 5.69 Å². The summed E-state index contributed by atoms with van der Waals surface area (Å²) in [5.74, 6) is 1.03. The van der Waals surface area contributed by atoms with E-state index < -0.39 is 0 Å². The molecule has 3 heteroatoms. The molecule has 3 rings (SSSR count). The molecule has 0 aromatic heterocycles. The number of nitrogens with zero attached hydrogens (tertiary/aromatic N) is 1. The van der Waals surface area contributed by atoms with Gasteiger partial charge in [-0.05, 0) is 37.8 Å². The van der Waals surface area contributed by atoms with Crippen molar-refractivity contribution in [3.63, 3.8) is 0 Å². The average Bonchev–Trinajstić information content (AvgIpc) is 2.38. The zero-order valence-corrected chi connectivity index (χ0v) is 10.4. The minimum Gasteiger partial charge on any atom is -0.496 e. The van der Waals surface area contributed by atoms with Crippen molar-refractivity contribution < 1.29 is 4.74 Å². The van der Waals surface area contributed by atoms with Crippen molar-refractivity contribution in [1.29, 1.82) is 0 Å². The minimum absolute atomic E-state index is 0.336. The van der Waals surface area contributed by atoms with Gasteiger partial charge >= 0.3 is 0 Å². The first-order valence-corrected chi connectivity index (χ1v) is 6.49. The molecule has 1 saturated heterocycles. The summed E-state index contributed by atoms with van der Waals surface area (Å²) in [4.78, 5) is 2.50. The van der Waals surface area contributed by atoms with E-state index in [4.69, 9.17) is 10.5 Å². The molecule has 0 radical (unpaired) electrons. The molecule has 0 saturated carbocycles. The predicted octanol–water partition coefficient (Wildman–Crippen LogP) is 1.94. The molecule has 2 aliphatic heterocycles. The number of nitrogens with two attached hydrogens (primary N) is 1. The van der Waals surface area contributed by atoms with Crippen LogP contribution in [0.1, 0.15) is 24.8 Å². The quantitative estimate of drug-likeness (QED) is 0.804. The average molecular weight is 232 g/mol. The molecular weight excluding hydrogens is 212 g/mol. The van der Waals surface area contributed by atoms with Gasteiger partial charge in [0.15, 0.2) is 0 Å². The lowest BCUT2D eigenvalue weighted by Gasteiger charge is -2.45. The fraction of sp³-hybridized carbons (Fsp3) is 0.571. The summed E-state index contributed by atoms with van der Waals surface area (Å²) < 4.78 is 5.46. The molecule has 92 valence electrons. The largest absolute Gasteiger partial charge is 0.496 e. The summed E-state index contributed by atoms with van der Waals surface area (Å²) in [6, 6.07) is 7.22. The predicted molar refractivity (Wildman–Crippen MR) is 69.7 cm³/mol. The molecule has 0 amide bonds. The molecular formula is C14H20N2O. The summed E-state index contributed by atoms with van der Waals surface area (Å²) in [5.41, 5.74) is 8.95. The van der Waals surface area contributed by atoms with Gasteiger partial charge in [0.25, 0.3) is 0 Å². The van der Waals surface area contributed by atoms with E-state index in [0.29, 0.717) is 12.1 Å². The van der Waals surface area contributed by atoms with Crippen LogP contribution in [0.4, 0.5) is 5.69 Å². The number of hydrogen-bond acceptors (Lipinski definition) is 3.